The first kappa shape index (κ1) is 17.4. The van der Waals surface area contributed by atoms with Crippen molar-refractivity contribution in [1.82, 2.24) is 10.3 Å². The van der Waals surface area contributed by atoms with E-state index in [1.165, 1.54) is 6.20 Å². The summed E-state index contributed by atoms with van der Waals surface area (Å²) >= 11 is 0. The monoisotopic (exact) mass is 292 g/mol. The van der Waals surface area contributed by atoms with Gasteiger partial charge in [-0.3, -0.25) is 9.78 Å². The van der Waals surface area contributed by atoms with E-state index in [0.29, 0.717) is 11.1 Å². The predicted octanol–water partition coefficient (Wildman–Crippen LogP) is -2.30. The molecule has 6 heteroatoms. The predicted molar refractivity (Wildman–Crippen MR) is 70.5 cm³/mol. The van der Waals surface area contributed by atoms with Crippen LogP contribution in [0.25, 0.3) is 0 Å². The average Bonchev–Trinajstić information content (AvgIpc) is 2.48. The number of carboxylic acids is 1. The molecule has 1 atom stereocenters. The summed E-state index contributed by atoms with van der Waals surface area (Å²) in [6, 6.07) is 11.5. The van der Waals surface area contributed by atoms with Gasteiger partial charge in [0, 0.05) is 24.8 Å². The van der Waals surface area contributed by atoms with Gasteiger partial charge in [-0.2, -0.15) is 0 Å². The Hall–Kier alpha value is -1.69. The van der Waals surface area contributed by atoms with Crippen molar-refractivity contribution >= 4 is 11.9 Å². The van der Waals surface area contributed by atoms with Gasteiger partial charge in [0.05, 0.1) is 11.6 Å². The SMILES string of the molecule is O=C([O-])CC(NC(=O)c1cccnc1)c1ccccc1.[Na+]. The Kier molecular flexibility index (Phi) is 7.08. The average molecular weight is 292 g/mol. The van der Waals surface area contributed by atoms with Crippen LogP contribution < -0.4 is 40.0 Å². The fraction of sp³-hybridized carbons (Fsp3) is 0.133. The van der Waals surface area contributed by atoms with Gasteiger partial charge in [-0.1, -0.05) is 30.3 Å². The van der Waals surface area contributed by atoms with E-state index in [9.17, 15) is 14.7 Å². The Labute approximate surface area is 144 Å². The Morgan fingerprint density at radius 3 is 2.43 bits per heavy atom. The van der Waals surface area contributed by atoms with Crippen molar-refractivity contribution in [3.05, 3.63) is 66.0 Å². The van der Waals surface area contributed by atoms with Gasteiger partial charge in [-0.25, -0.2) is 0 Å². The van der Waals surface area contributed by atoms with E-state index in [0.717, 1.165) is 0 Å². The minimum atomic E-state index is -1.22. The molecule has 0 aliphatic heterocycles. The largest absolute Gasteiger partial charge is 1.00 e. The molecule has 1 aromatic heterocycles. The van der Waals surface area contributed by atoms with Crippen molar-refractivity contribution < 1.29 is 44.3 Å². The summed E-state index contributed by atoms with van der Waals surface area (Å²) in [5.41, 5.74) is 1.10. The summed E-state index contributed by atoms with van der Waals surface area (Å²) in [7, 11) is 0. The van der Waals surface area contributed by atoms with Crippen LogP contribution in [0.3, 0.4) is 0 Å². The van der Waals surface area contributed by atoms with Gasteiger partial charge in [-0.15, -0.1) is 0 Å². The molecule has 1 heterocycles. The first-order valence-corrected chi connectivity index (χ1v) is 6.12. The quantitative estimate of drug-likeness (QED) is 0.628. The molecule has 1 aromatic carbocycles. The zero-order valence-electron chi connectivity index (χ0n) is 11.7. The second-order valence-electron chi connectivity index (χ2n) is 4.25. The minimum absolute atomic E-state index is 0. The molecule has 5 nitrogen and oxygen atoms in total. The van der Waals surface area contributed by atoms with Crippen molar-refractivity contribution in [2.24, 2.45) is 0 Å². The number of hydrogen-bond acceptors (Lipinski definition) is 4. The molecule has 1 N–H and O–H groups in total. The van der Waals surface area contributed by atoms with Crippen LogP contribution in [0.2, 0.25) is 0 Å². The Balaban J connectivity index is 0.00000220. The third-order valence-corrected chi connectivity index (χ3v) is 2.80. The van der Waals surface area contributed by atoms with Crippen LogP contribution in [0.1, 0.15) is 28.4 Å². The van der Waals surface area contributed by atoms with E-state index in [-0.39, 0.29) is 41.9 Å². The van der Waals surface area contributed by atoms with Gasteiger partial charge < -0.3 is 15.2 Å². The van der Waals surface area contributed by atoms with Crippen molar-refractivity contribution in [3.8, 4) is 0 Å². The molecule has 0 saturated carbocycles. The zero-order valence-corrected chi connectivity index (χ0v) is 13.7. The van der Waals surface area contributed by atoms with E-state index in [1.807, 2.05) is 6.07 Å². The summed E-state index contributed by atoms with van der Waals surface area (Å²) in [5, 5.41) is 13.5. The maximum atomic E-state index is 12.0. The summed E-state index contributed by atoms with van der Waals surface area (Å²) in [5.74, 6) is -1.58. The van der Waals surface area contributed by atoms with Crippen molar-refractivity contribution in [3.63, 3.8) is 0 Å². The fourth-order valence-electron chi connectivity index (χ4n) is 1.84. The number of hydrogen-bond donors (Lipinski definition) is 1. The van der Waals surface area contributed by atoms with Crippen LogP contribution in [0.4, 0.5) is 0 Å². The van der Waals surface area contributed by atoms with Crippen LogP contribution in [-0.2, 0) is 4.79 Å². The molecule has 1 unspecified atom stereocenters. The van der Waals surface area contributed by atoms with Crippen LogP contribution in [0, 0.1) is 0 Å². The maximum Gasteiger partial charge on any atom is 1.00 e. The standard InChI is InChI=1S/C15H14N2O3.Na/c18-14(19)9-13(11-5-2-1-3-6-11)17-15(20)12-7-4-8-16-10-12;/h1-8,10,13H,9H2,(H,17,20)(H,18,19);/q;+1/p-1. The molecular weight excluding hydrogens is 279 g/mol. The van der Waals surface area contributed by atoms with Gasteiger partial charge in [0.1, 0.15) is 0 Å². The van der Waals surface area contributed by atoms with Gasteiger partial charge >= 0.3 is 29.6 Å². The maximum absolute atomic E-state index is 12.0. The second-order valence-corrected chi connectivity index (χ2v) is 4.25. The number of aromatic nitrogens is 1. The van der Waals surface area contributed by atoms with Crippen molar-refractivity contribution in [1.29, 1.82) is 0 Å². The summed E-state index contributed by atoms with van der Waals surface area (Å²) in [6.45, 7) is 0. The van der Waals surface area contributed by atoms with Crippen LogP contribution >= 0.6 is 0 Å². The summed E-state index contributed by atoms with van der Waals surface area (Å²) in [4.78, 5) is 26.7. The Bertz CT molecular complexity index is 590. The smallest absolute Gasteiger partial charge is 0.550 e. The van der Waals surface area contributed by atoms with E-state index in [2.05, 4.69) is 10.3 Å². The number of rotatable bonds is 5. The number of carbonyl (C=O) groups is 2. The molecule has 0 fully saturated rings. The van der Waals surface area contributed by atoms with Gasteiger partial charge in [-0.05, 0) is 17.7 Å². The number of pyridine rings is 1. The molecule has 0 aliphatic rings. The molecular formula is C15H13N2NaO3. The number of benzene rings is 1. The molecule has 0 spiro atoms. The molecule has 102 valence electrons. The Morgan fingerprint density at radius 2 is 1.86 bits per heavy atom. The van der Waals surface area contributed by atoms with Gasteiger partial charge in [0.2, 0.25) is 0 Å². The first-order chi connectivity index (χ1) is 9.66. The van der Waals surface area contributed by atoms with E-state index >= 15 is 0 Å². The summed E-state index contributed by atoms with van der Waals surface area (Å²) < 4.78 is 0. The molecule has 0 aliphatic carbocycles. The summed E-state index contributed by atoms with van der Waals surface area (Å²) in [6.07, 6.45) is 2.71. The molecule has 0 saturated heterocycles. The third-order valence-electron chi connectivity index (χ3n) is 2.80. The van der Waals surface area contributed by atoms with Gasteiger partial charge in [0.15, 0.2) is 0 Å². The van der Waals surface area contributed by atoms with Crippen molar-refractivity contribution in [2.75, 3.05) is 0 Å². The van der Waals surface area contributed by atoms with E-state index in [1.54, 1.807) is 42.6 Å². The minimum Gasteiger partial charge on any atom is -0.550 e. The number of aliphatic carboxylic acids is 1. The van der Waals surface area contributed by atoms with E-state index < -0.39 is 12.0 Å². The van der Waals surface area contributed by atoms with Gasteiger partial charge in [0.25, 0.3) is 5.91 Å². The van der Waals surface area contributed by atoms with E-state index in [4.69, 9.17) is 0 Å². The second kappa shape index (κ2) is 8.56. The van der Waals surface area contributed by atoms with Crippen LogP contribution in [0.15, 0.2) is 54.9 Å². The zero-order chi connectivity index (χ0) is 14.4. The topological polar surface area (TPSA) is 82.1 Å². The molecule has 0 bridgehead atoms. The fourth-order valence-corrected chi connectivity index (χ4v) is 1.84. The number of carbonyl (C=O) groups excluding carboxylic acids is 2. The first-order valence-electron chi connectivity index (χ1n) is 6.12. The molecule has 1 amide bonds. The van der Waals surface area contributed by atoms with Crippen LogP contribution in [0.5, 0.6) is 0 Å². The number of carboxylic acid groups (broad SMARTS) is 1. The molecule has 2 aromatic rings. The molecule has 2 rings (SSSR count). The molecule has 0 radical (unpaired) electrons. The number of nitrogens with zero attached hydrogens (tertiary/aromatic N) is 1. The normalized spacial score (nSPS) is 11.0. The van der Waals surface area contributed by atoms with Crippen molar-refractivity contribution in [2.45, 2.75) is 12.5 Å². The number of nitrogens with one attached hydrogen (secondary N) is 1. The Morgan fingerprint density at radius 1 is 1.14 bits per heavy atom. The number of amides is 1. The molecule has 21 heavy (non-hydrogen) atoms. The van der Waals surface area contributed by atoms with Crippen LogP contribution in [-0.4, -0.2) is 16.9 Å². The third kappa shape index (κ3) is 5.30.